The lowest BCUT2D eigenvalue weighted by molar-refractivity contribution is -0.678. The van der Waals surface area contributed by atoms with Gasteiger partial charge in [0.2, 0.25) is 0 Å². The molecule has 0 bridgehead atoms. The topological polar surface area (TPSA) is 41.2 Å². The summed E-state index contributed by atoms with van der Waals surface area (Å²) in [6.45, 7) is 4.23. The minimum absolute atomic E-state index is 0.464. The molecule has 0 amide bonds. The Bertz CT molecular complexity index is 441. The van der Waals surface area contributed by atoms with Gasteiger partial charge in [-0.1, -0.05) is 45.4 Å². The summed E-state index contributed by atoms with van der Waals surface area (Å²) in [4.78, 5) is 11.3. The monoisotopic (exact) mass is 278 g/mol. The third-order valence-corrected chi connectivity index (χ3v) is 4.02. The van der Waals surface area contributed by atoms with E-state index in [9.17, 15) is 9.90 Å². The Morgan fingerprint density at radius 1 is 1.15 bits per heavy atom. The van der Waals surface area contributed by atoms with Crippen LogP contribution in [-0.2, 0) is 13.5 Å². The SMILES string of the molecule is CCCCCCCCCc1c(C(=O)O)cc[n+](C)c1C. The molecule has 0 aromatic carbocycles. The molecule has 20 heavy (non-hydrogen) atoms. The maximum Gasteiger partial charge on any atom is 0.336 e. The first-order valence-corrected chi connectivity index (χ1v) is 7.79. The quantitative estimate of drug-likeness (QED) is 0.551. The molecular formula is C17H28NO2+. The summed E-state index contributed by atoms with van der Waals surface area (Å²) in [5.74, 6) is -0.813. The number of unbranched alkanes of at least 4 members (excludes halogenated alkanes) is 6. The van der Waals surface area contributed by atoms with Gasteiger partial charge in [0.1, 0.15) is 7.05 Å². The first-order chi connectivity index (χ1) is 9.57. The number of carbonyl (C=O) groups is 1. The Balaban J connectivity index is 2.50. The number of carboxylic acid groups (broad SMARTS) is 1. The number of aromatic nitrogens is 1. The zero-order valence-corrected chi connectivity index (χ0v) is 13.1. The van der Waals surface area contributed by atoms with Crippen LogP contribution in [0, 0.1) is 6.92 Å². The van der Waals surface area contributed by atoms with Crippen molar-refractivity contribution in [2.24, 2.45) is 7.05 Å². The number of hydrogen-bond donors (Lipinski definition) is 1. The highest BCUT2D eigenvalue weighted by Gasteiger charge is 2.17. The van der Waals surface area contributed by atoms with Crippen molar-refractivity contribution >= 4 is 5.97 Å². The molecule has 1 aromatic heterocycles. The molecule has 1 N–H and O–H groups in total. The van der Waals surface area contributed by atoms with Crippen molar-refractivity contribution in [2.45, 2.75) is 65.2 Å². The van der Waals surface area contributed by atoms with Crippen LogP contribution in [0.3, 0.4) is 0 Å². The molecule has 0 spiro atoms. The number of carboxylic acids is 1. The fourth-order valence-corrected chi connectivity index (χ4v) is 2.58. The zero-order chi connectivity index (χ0) is 15.0. The molecule has 0 aliphatic carbocycles. The van der Waals surface area contributed by atoms with E-state index in [1.54, 1.807) is 6.07 Å². The van der Waals surface area contributed by atoms with Crippen molar-refractivity contribution in [3.63, 3.8) is 0 Å². The van der Waals surface area contributed by atoms with Gasteiger partial charge in [-0.25, -0.2) is 9.36 Å². The zero-order valence-electron chi connectivity index (χ0n) is 13.1. The first-order valence-electron chi connectivity index (χ1n) is 7.79. The van der Waals surface area contributed by atoms with E-state index in [2.05, 4.69) is 6.92 Å². The van der Waals surface area contributed by atoms with Gasteiger partial charge in [-0.2, -0.15) is 0 Å². The van der Waals surface area contributed by atoms with Crippen molar-refractivity contribution in [3.8, 4) is 0 Å². The number of rotatable bonds is 9. The Morgan fingerprint density at radius 2 is 1.75 bits per heavy atom. The molecule has 0 aliphatic heterocycles. The third kappa shape index (κ3) is 4.95. The Kier molecular flexibility index (Phi) is 7.27. The standard InChI is InChI=1S/C17H27NO2/c1-4-5-6-7-8-9-10-11-15-14(2)18(3)13-12-16(15)17(19)20/h12-13H,4-11H2,1-3H3/p+1. The average molecular weight is 278 g/mol. The number of pyridine rings is 1. The van der Waals surface area contributed by atoms with E-state index >= 15 is 0 Å². The van der Waals surface area contributed by atoms with Gasteiger partial charge in [-0.3, -0.25) is 0 Å². The molecule has 0 saturated heterocycles. The van der Waals surface area contributed by atoms with Crippen LogP contribution < -0.4 is 4.57 Å². The van der Waals surface area contributed by atoms with E-state index in [1.165, 1.54) is 38.5 Å². The Labute approximate surface area is 122 Å². The van der Waals surface area contributed by atoms with Crippen LogP contribution in [0.2, 0.25) is 0 Å². The minimum atomic E-state index is -0.813. The summed E-state index contributed by atoms with van der Waals surface area (Å²) >= 11 is 0. The van der Waals surface area contributed by atoms with Gasteiger partial charge in [0.25, 0.3) is 0 Å². The molecule has 1 rings (SSSR count). The van der Waals surface area contributed by atoms with Crippen LogP contribution in [0.5, 0.6) is 0 Å². The summed E-state index contributed by atoms with van der Waals surface area (Å²) in [7, 11) is 1.97. The highest BCUT2D eigenvalue weighted by molar-refractivity contribution is 5.89. The molecule has 112 valence electrons. The number of aromatic carboxylic acids is 1. The van der Waals surface area contributed by atoms with E-state index < -0.39 is 5.97 Å². The Morgan fingerprint density at radius 3 is 2.35 bits per heavy atom. The van der Waals surface area contributed by atoms with Gasteiger partial charge in [0.15, 0.2) is 11.9 Å². The normalized spacial score (nSPS) is 10.8. The van der Waals surface area contributed by atoms with Crippen molar-refractivity contribution < 1.29 is 14.5 Å². The fraction of sp³-hybridized carbons (Fsp3) is 0.647. The first kappa shape index (κ1) is 16.7. The summed E-state index contributed by atoms with van der Waals surface area (Å²) < 4.78 is 2.00. The van der Waals surface area contributed by atoms with Gasteiger partial charge in [-0.15, -0.1) is 0 Å². The van der Waals surface area contributed by atoms with E-state index in [1.807, 2.05) is 24.7 Å². The molecule has 3 nitrogen and oxygen atoms in total. The van der Waals surface area contributed by atoms with E-state index in [0.717, 1.165) is 24.1 Å². The molecule has 0 saturated carbocycles. The van der Waals surface area contributed by atoms with Gasteiger partial charge >= 0.3 is 5.97 Å². The Hall–Kier alpha value is -1.38. The van der Waals surface area contributed by atoms with Gasteiger partial charge in [0, 0.05) is 18.6 Å². The van der Waals surface area contributed by atoms with Gasteiger partial charge in [0.05, 0.1) is 5.56 Å². The lowest BCUT2D eigenvalue weighted by Gasteiger charge is -2.08. The lowest BCUT2D eigenvalue weighted by atomic mass is 9.99. The van der Waals surface area contributed by atoms with Crippen molar-refractivity contribution in [1.29, 1.82) is 0 Å². The molecule has 1 heterocycles. The average Bonchev–Trinajstić information content (AvgIpc) is 2.42. The van der Waals surface area contributed by atoms with Crippen LogP contribution in [-0.4, -0.2) is 11.1 Å². The minimum Gasteiger partial charge on any atom is -0.478 e. The van der Waals surface area contributed by atoms with Crippen molar-refractivity contribution in [2.75, 3.05) is 0 Å². The van der Waals surface area contributed by atoms with Crippen LogP contribution >= 0.6 is 0 Å². The van der Waals surface area contributed by atoms with E-state index in [-0.39, 0.29) is 0 Å². The highest BCUT2D eigenvalue weighted by atomic mass is 16.4. The molecular weight excluding hydrogens is 250 g/mol. The number of nitrogens with zero attached hydrogens (tertiary/aromatic N) is 1. The second-order valence-corrected chi connectivity index (χ2v) is 5.58. The molecule has 0 atom stereocenters. The molecule has 3 heteroatoms. The van der Waals surface area contributed by atoms with Crippen LogP contribution in [0.15, 0.2) is 12.3 Å². The van der Waals surface area contributed by atoms with Gasteiger partial charge < -0.3 is 5.11 Å². The number of hydrogen-bond acceptors (Lipinski definition) is 1. The largest absolute Gasteiger partial charge is 0.478 e. The molecule has 0 aliphatic rings. The summed E-state index contributed by atoms with van der Waals surface area (Å²) in [5.41, 5.74) is 2.53. The third-order valence-electron chi connectivity index (χ3n) is 4.02. The fourth-order valence-electron chi connectivity index (χ4n) is 2.58. The van der Waals surface area contributed by atoms with Crippen LogP contribution in [0.25, 0.3) is 0 Å². The smallest absolute Gasteiger partial charge is 0.336 e. The predicted octanol–water partition coefficient (Wildman–Crippen LogP) is 3.81. The molecule has 0 fully saturated rings. The molecule has 0 radical (unpaired) electrons. The summed E-state index contributed by atoms with van der Waals surface area (Å²) in [6.07, 6.45) is 11.5. The van der Waals surface area contributed by atoms with Gasteiger partial charge in [-0.05, 0) is 12.8 Å². The maximum atomic E-state index is 11.3. The lowest BCUT2D eigenvalue weighted by Crippen LogP contribution is -2.33. The van der Waals surface area contributed by atoms with E-state index in [4.69, 9.17) is 0 Å². The number of aryl methyl sites for hydroxylation is 1. The molecule has 0 unspecified atom stereocenters. The van der Waals surface area contributed by atoms with Crippen molar-refractivity contribution in [3.05, 3.63) is 29.1 Å². The predicted molar refractivity (Wildman–Crippen MR) is 81.0 cm³/mol. The van der Waals surface area contributed by atoms with E-state index in [0.29, 0.717) is 5.56 Å². The highest BCUT2D eigenvalue weighted by Crippen LogP contribution is 2.16. The molecule has 1 aromatic rings. The van der Waals surface area contributed by atoms with Crippen molar-refractivity contribution in [1.82, 2.24) is 0 Å². The maximum absolute atomic E-state index is 11.3. The summed E-state index contributed by atoms with van der Waals surface area (Å²) in [6, 6.07) is 1.71. The van der Waals surface area contributed by atoms with Crippen LogP contribution in [0.1, 0.15) is 73.5 Å². The second kappa shape index (κ2) is 8.72. The van der Waals surface area contributed by atoms with Crippen LogP contribution in [0.4, 0.5) is 0 Å². The summed E-state index contributed by atoms with van der Waals surface area (Å²) in [5, 5.41) is 9.27. The second-order valence-electron chi connectivity index (χ2n) is 5.58.